The van der Waals surface area contributed by atoms with Gasteiger partial charge >= 0.3 is 10.2 Å². The summed E-state index contributed by atoms with van der Waals surface area (Å²) in [5.74, 6) is 0. The summed E-state index contributed by atoms with van der Waals surface area (Å²) in [5.41, 5.74) is 0.691. The first kappa shape index (κ1) is 8.42. The van der Waals surface area contributed by atoms with Crippen molar-refractivity contribution in [3.63, 3.8) is 0 Å². The molecule has 0 aromatic carbocycles. The Hall–Kier alpha value is -0.680. The van der Waals surface area contributed by atoms with Crippen LogP contribution in [0.5, 0.6) is 0 Å². The van der Waals surface area contributed by atoms with E-state index in [0.29, 0.717) is 11.0 Å². The number of halogens is 1. The molecule has 0 bridgehead atoms. The third kappa shape index (κ3) is 3.29. The molecule has 0 saturated heterocycles. The minimum absolute atomic E-state index is 0.537. The fourth-order valence-corrected chi connectivity index (χ4v) is 1.48. The Morgan fingerprint density at radius 3 is 2.73 bits per heavy atom. The van der Waals surface area contributed by atoms with Gasteiger partial charge < -0.3 is 0 Å². The second-order valence-electron chi connectivity index (χ2n) is 1.83. The lowest BCUT2D eigenvalue weighted by atomic mass is 10.3. The molecule has 0 aliphatic rings. The Kier molecular flexibility index (Phi) is 2.41. The Labute approximate surface area is 68.2 Å². The molecule has 0 atom stereocenters. The number of hydrogen-bond acceptors (Lipinski definition) is 3. The SMILES string of the molecule is O=S(=O)(F)/C=C/c1ccsc1. The van der Waals surface area contributed by atoms with Crippen LogP contribution in [-0.2, 0) is 10.2 Å². The normalized spacial score (nSPS) is 12.5. The van der Waals surface area contributed by atoms with Crippen molar-refractivity contribution >= 4 is 27.6 Å². The van der Waals surface area contributed by atoms with Crippen molar-refractivity contribution in [2.75, 3.05) is 0 Å². The molecule has 2 nitrogen and oxygen atoms in total. The van der Waals surface area contributed by atoms with Gasteiger partial charge in [-0.2, -0.15) is 19.8 Å². The molecule has 0 spiro atoms. The van der Waals surface area contributed by atoms with Gasteiger partial charge in [0.15, 0.2) is 0 Å². The van der Waals surface area contributed by atoms with Gasteiger partial charge in [-0.3, -0.25) is 0 Å². The third-order valence-corrected chi connectivity index (χ3v) is 2.13. The Morgan fingerprint density at radius 2 is 2.27 bits per heavy atom. The molecule has 0 aliphatic carbocycles. The van der Waals surface area contributed by atoms with E-state index in [1.54, 1.807) is 16.8 Å². The molecular weight excluding hydrogens is 187 g/mol. The van der Waals surface area contributed by atoms with Crippen molar-refractivity contribution in [1.82, 2.24) is 0 Å². The minimum Gasteiger partial charge on any atom is -0.190 e. The summed E-state index contributed by atoms with van der Waals surface area (Å²) < 4.78 is 31.8. The molecule has 1 aromatic rings. The lowest BCUT2D eigenvalue weighted by Crippen LogP contribution is -1.79. The van der Waals surface area contributed by atoms with Crippen LogP contribution in [0, 0.1) is 0 Å². The van der Waals surface area contributed by atoms with Gasteiger partial charge in [0, 0.05) is 0 Å². The zero-order valence-electron chi connectivity index (χ0n) is 5.40. The van der Waals surface area contributed by atoms with Crippen LogP contribution in [0.1, 0.15) is 5.56 Å². The second-order valence-corrected chi connectivity index (χ2v) is 3.84. The van der Waals surface area contributed by atoms with Gasteiger partial charge in [0.25, 0.3) is 0 Å². The molecule has 0 fully saturated rings. The zero-order valence-corrected chi connectivity index (χ0v) is 7.03. The molecule has 0 radical (unpaired) electrons. The van der Waals surface area contributed by atoms with Gasteiger partial charge in [0.2, 0.25) is 0 Å². The number of thiophene rings is 1. The van der Waals surface area contributed by atoms with E-state index in [-0.39, 0.29) is 0 Å². The molecular formula is C6H5FO2S2. The summed E-state index contributed by atoms with van der Waals surface area (Å²) in [6.45, 7) is 0. The Balaban J connectivity index is 2.79. The minimum atomic E-state index is -4.48. The van der Waals surface area contributed by atoms with Gasteiger partial charge in [-0.1, -0.05) is 0 Å². The summed E-state index contributed by atoms with van der Waals surface area (Å²) in [5, 5.41) is 4.04. The first-order valence-electron chi connectivity index (χ1n) is 2.73. The fraction of sp³-hybridized carbons (Fsp3) is 0. The lowest BCUT2D eigenvalue weighted by Gasteiger charge is -1.80. The zero-order chi connectivity index (χ0) is 8.32. The van der Waals surface area contributed by atoms with Crippen LogP contribution in [0.2, 0.25) is 0 Å². The molecule has 11 heavy (non-hydrogen) atoms. The van der Waals surface area contributed by atoms with E-state index in [0.717, 1.165) is 0 Å². The van der Waals surface area contributed by atoms with E-state index >= 15 is 0 Å². The Bertz CT molecular complexity index is 337. The van der Waals surface area contributed by atoms with Gasteiger partial charge in [-0.05, 0) is 28.5 Å². The number of rotatable bonds is 2. The molecule has 0 amide bonds. The molecule has 1 aromatic heterocycles. The van der Waals surface area contributed by atoms with Gasteiger partial charge in [0.1, 0.15) is 0 Å². The van der Waals surface area contributed by atoms with E-state index in [1.165, 1.54) is 17.4 Å². The summed E-state index contributed by atoms with van der Waals surface area (Å²) in [4.78, 5) is 0. The quantitative estimate of drug-likeness (QED) is 0.672. The van der Waals surface area contributed by atoms with E-state index in [2.05, 4.69) is 0 Å². The summed E-state index contributed by atoms with van der Waals surface area (Å²) in [6.07, 6.45) is 1.21. The highest BCUT2D eigenvalue weighted by Crippen LogP contribution is 2.08. The Morgan fingerprint density at radius 1 is 1.55 bits per heavy atom. The summed E-state index contributed by atoms with van der Waals surface area (Å²) in [6, 6.07) is 1.70. The highest BCUT2D eigenvalue weighted by atomic mass is 32.3. The lowest BCUT2D eigenvalue weighted by molar-refractivity contribution is 0.563. The predicted octanol–water partition coefficient (Wildman–Crippen LogP) is 2.02. The maximum absolute atomic E-state index is 11.9. The molecule has 0 aliphatic heterocycles. The molecule has 1 rings (SSSR count). The van der Waals surface area contributed by atoms with Crippen LogP contribution in [-0.4, -0.2) is 8.42 Å². The van der Waals surface area contributed by atoms with Crippen LogP contribution >= 0.6 is 11.3 Å². The van der Waals surface area contributed by atoms with E-state index in [9.17, 15) is 12.3 Å². The van der Waals surface area contributed by atoms with Crippen LogP contribution in [0.25, 0.3) is 6.08 Å². The molecule has 0 unspecified atom stereocenters. The van der Waals surface area contributed by atoms with Crippen LogP contribution in [0.15, 0.2) is 22.2 Å². The monoisotopic (exact) mass is 192 g/mol. The van der Waals surface area contributed by atoms with Gasteiger partial charge in [-0.15, -0.1) is 3.89 Å². The molecule has 0 saturated carbocycles. The molecule has 1 heterocycles. The highest BCUT2D eigenvalue weighted by Gasteiger charge is 1.97. The van der Waals surface area contributed by atoms with Crippen LogP contribution in [0.4, 0.5) is 3.89 Å². The number of hydrogen-bond donors (Lipinski definition) is 0. The average Bonchev–Trinajstić information content (AvgIpc) is 2.32. The smallest absolute Gasteiger partial charge is 0.190 e. The standard InChI is InChI=1S/C6H5FO2S2/c7-11(8,9)4-2-6-1-3-10-5-6/h1-5H/b4-2+. The van der Waals surface area contributed by atoms with Gasteiger partial charge in [0.05, 0.1) is 5.41 Å². The van der Waals surface area contributed by atoms with E-state index in [4.69, 9.17) is 0 Å². The summed E-state index contributed by atoms with van der Waals surface area (Å²) in [7, 11) is -4.48. The third-order valence-electron chi connectivity index (χ3n) is 0.966. The largest absolute Gasteiger partial charge is 0.325 e. The molecule has 60 valence electrons. The maximum Gasteiger partial charge on any atom is 0.325 e. The highest BCUT2D eigenvalue weighted by molar-refractivity contribution is 7.89. The van der Waals surface area contributed by atoms with Crippen molar-refractivity contribution in [1.29, 1.82) is 0 Å². The fourth-order valence-electron chi connectivity index (χ4n) is 0.530. The second kappa shape index (κ2) is 3.15. The van der Waals surface area contributed by atoms with Crippen molar-refractivity contribution < 1.29 is 12.3 Å². The predicted molar refractivity (Wildman–Crippen MR) is 43.4 cm³/mol. The first-order chi connectivity index (χ1) is 5.08. The van der Waals surface area contributed by atoms with E-state index < -0.39 is 10.2 Å². The van der Waals surface area contributed by atoms with Crippen molar-refractivity contribution in [3.8, 4) is 0 Å². The van der Waals surface area contributed by atoms with Crippen molar-refractivity contribution in [2.45, 2.75) is 0 Å². The topological polar surface area (TPSA) is 34.1 Å². The van der Waals surface area contributed by atoms with E-state index in [1.807, 2.05) is 0 Å². The van der Waals surface area contributed by atoms with Crippen molar-refractivity contribution in [2.24, 2.45) is 0 Å². The molecule has 0 N–H and O–H groups in total. The van der Waals surface area contributed by atoms with Gasteiger partial charge in [-0.25, -0.2) is 0 Å². The first-order valence-corrected chi connectivity index (χ1v) is 5.12. The van der Waals surface area contributed by atoms with Crippen LogP contribution < -0.4 is 0 Å². The maximum atomic E-state index is 11.9. The average molecular weight is 192 g/mol. The summed E-state index contributed by atoms with van der Waals surface area (Å²) >= 11 is 1.42. The molecule has 5 heteroatoms. The van der Waals surface area contributed by atoms with Crippen LogP contribution in [0.3, 0.4) is 0 Å². The van der Waals surface area contributed by atoms with Crippen molar-refractivity contribution in [3.05, 3.63) is 27.8 Å².